The van der Waals surface area contributed by atoms with E-state index in [1.807, 2.05) is 32.2 Å². The van der Waals surface area contributed by atoms with Gasteiger partial charge >= 0.3 is 0 Å². The smallest absolute Gasteiger partial charge is 0.192 e. The van der Waals surface area contributed by atoms with Crippen molar-refractivity contribution < 1.29 is 18.4 Å². The predicted molar refractivity (Wildman–Crippen MR) is 200 cm³/mol. The van der Waals surface area contributed by atoms with Crippen molar-refractivity contribution >= 4 is 68.2 Å². The van der Waals surface area contributed by atoms with E-state index in [0.29, 0.717) is 29.4 Å². The highest BCUT2D eigenvalue weighted by Crippen LogP contribution is 2.38. The molecule has 0 atom stereocenters. The molecule has 250 valence electrons. The summed E-state index contributed by atoms with van der Waals surface area (Å²) in [5, 5.41) is 2.95. The number of fused-ring (bicyclic) bond motifs is 2. The summed E-state index contributed by atoms with van der Waals surface area (Å²) in [6.45, 7) is 29.5. The lowest BCUT2D eigenvalue weighted by atomic mass is 10.0. The van der Waals surface area contributed by atoms with Crippen LogP contribution in [-0.2, 0) is 36.2 Å². The molecule has 6 nitrogen and oxygen atoms in total. The van der Waals surface area contributed by atoms with E-state index in [9.17, 15) is 9.59 Å². The van der Waals surface area contributed by atoms with Gasteiger partial charge in [0.05, 0.1) is 18.2 Å². The zero-order valence-electron chi connectivity index (χ0n) is 30.1. The molecule has 0 saturated heterocycles. The largest absolute Gasteiger partial charge is 0.411 e. The third-order valence-electron chi connectivity index (χ3n) is 10.1. The zero-order valence-corrected chi connectivity index (χ0v) is 32.9. The molecule has 0 saturated carbocycles. The lowest BCUT2D eigenvalue weighted by molar-refractivity contribution is 0.111. The van der Waals surface area contributed by atoms with Crippen LogP contribution in [0.5, 0.6) is 0 Å². The molecular weight excluding hydrogens is 628 g/mol. The number of halogens is 1. The Bertz CT molecular complexity index is 1770. The first kappa shape index (κ1) is 37.7. The Hall–Kier alpha value is -2.76. The predicted octanol–water partition coefficient (Wildman–Crippen LogP) is 10.7. The van der Waals surface area contributed by atoms with Crippen LogP contribution in [0.4, 0.5) is 0 Å². The van der Waals surface area contributed by atoms with Crippen LogP contribution in [0.1, 0.15) is 86.1 Å². The average Bonchev–Trinajstić information content (AvgIpc) is 3.43. The lowest BCUT2D eigenvalue weighted by Crippen LogP contribution is -2.40. The SMILES string of the molecule is C=C(C)c1cc2c(cc1C=O)cc(CO[Si](C)(C)C(C)(C)C)n2C.Cn1c(CO[Si](C)(C)C(C)(C)C)cc2cc(C=O)c(Cl)cc21. The highest BCUT2D eigenvalue weighted by molar-refractivity contribution is 6.74. The van der Waals surface area contributed by atoms with Crippen molar-refractivity contribution in [2.24, 2.45) is 14.1 Å². The number of aldehydes is 2. The first-order valence-corrected chi connectivity index (χ1v) is 22.0. The molecule has 0 spiro atoms. The topological polar surface area (TPSA) is 62.5 Å². The summed E-state index contributed by atoms with van der Waals surface area (Å²) in [6.07, 6.45) is 1.70. The molecule has 0 radical (unpaired) electrons. The van der Waals surface area contributed by atoms with Crippen molar-refractivity contribution in [3.63, 3.8) is 0 Å². The van der Waals surface area contributed by atoms with Crippen LogP contribution in [0.25, 0.3) is 27.4 Å². The highest BCUT2D eigenvalue weighted by atomic mass is 35.5. The maximum Gasteiger partial charge on any atom is 0.192 e. The van der Waals surface area contributed by atoms with E-state index in [2.05, 4.69) is 109 Å². The number of aromatic nitrogens is 2. The molecular formula is C37H53ClN2O4Si2. The van der Waals surface area contributed by atoms with E-state index in [1.165, 1.54) is 0 Å². The molecule has 2 heterocycles. The normalized spacial score (nSPS) is 12.7. The fourth-order valence-electron chi connectivity index (χ4n) is 4.67. The minimum atomic E-state index is -1.79. The second-order valence-electron chi connectivity index (χ2n) is 15.4. The molecule has 0 aliphatic carbocycles. The van der Waals surface area contributed by atoms with Crippen molar-refractivity contribution in [1.82, 2.24) is 9.13 Å². The Morgan fingerprint density at radius 2 is 1.13 bits per heavy atom. The van der Waals surface area contributed by atoms with Gasteiger partial charge in [0.25, 0.3) is 0 Å². The molecule has 0 bridgehead atoms. The molecule has 0 aliphatic heterocycles. The minimum Gasteiger partial charge on any atom is -0.411 e. The van der Waals surface area contributed by atoms with Crippen molar-refractivity contribution in [2.45, 2.75) is 97.9 Å². The number of aryl methyl sites for hydroxylation is 2. The summed E-state index contributed by atoms with van der Waals surface area (Å²) in [4.78, 5) is 22.4. The minimum absolute atomic E-state index is 0.186. The number of benzene rings is 2. The number of nitrogens with zero attached hydrogens (tertiary/aromatic N) is 2. The summed E-state index contributed by atoms with van der Waals surface area (Å²) in [6, 6.07) is 11.9. The van der Waals surface area contributed by atoms with Crippen molar-refractivity contribution in [2.75, 3.05) is 0 Å². The van der Waals surface area contributed by atoms with Crippen LogP contribution in [0.15, 0.2) is 43.0 Å². The quantitative estimate of drug-likeness (QED) is 0.130. The van der Waals surface area contributed by atoms with Gasteiger partial charge in [-0.05, 0) is 85.1 Å². The number of carbonyl (C=O) groups is 2. The number of rotatable bonds is 9. The maximum atomic E-state index is 11.4. The average molecular weight is 681 g/mol. The molecule has 0 amide bonds. The van der Waals surface area contributed by atoms with Gasteiger partial charge in [0.1, 0.15) is 0 Å². The van der Waals surface area contributed by atoms with Crippen LogP contribution in [-0.4, -0.2) is 38.3 Å². The van der Waals surface area contributed by atoms with E-state index >= 15 is 0 Å². The zero-order chi connectivity index (χ0) is 35.0. The van der Waals surface area contributed by atoms with Gasteiger partial charge in [0.15, 0.2) is 29.2 Å². The Balaban J connectivity index is 0.000000251. The highest BCUT2D eigenvalue weighted by Gasteiger charge is 2.38. The molecule has 46 heavy (non-hydrogen) atoms. The van der Waals surface area contributed by atoms with Gasteiger partial charge in [0, 0.05) is 58.4 Å². The van der Waals surface area contributed by atoms with E-state index in [1.54, 1.807) is 0 Å². The number of hydrogen-bond donors (Lipinski definition) is 0. The fourth-order valence-corrected chi connectivity index (χ4v) is 6.76. The number of allylic oxidation sites excluding steroid dienone is 1. The van der Waals surface area contributed by atoms with Gasteiger partial charge < -0.3 is 18.0 Å². The molecule has 2 aromatic carbocycles. The monoisotopic (exact) mass is 680 g/mol. The molecule has 0 fully saturated rings. The molecule has 9 heteroatoms. The van der Waals surface area contributed by atoms with Crippen molar-refractivity contribution in [3.05, 3.63) is 76.1 Å². The number of carbonyl (C=O) groups excluding carboxylic acids is 2. The molecule has 0 N–H and O–H groups in total. The van der Waals surface area contributed by atoms with E-state index in [0.717, 1.165) is 56.9 Å². The third-order valence-corrected chi connectivity index (χ3v) is 19.3. The maximum absolute atomic E-state index is 11.4. The Labute approximate surface area is 283 Å². The third kappa shape index (κ3) is 8.02. The van der Waals surface area contributed by atoms with Crippen LogP contribution >= 0.6 is 11.6 Å². The van der Waals surface area contributed by atoms with E-state index in [-0.39, 0.29) is 10.1 Å². The molecule has 4 rings (SSSR count). The number of hydrogen-bond acceptors (Lipinski definition) is 4. The van der Waals surface area contributed by atoms with E-state index < -0.39 is 16.6 Å². The Morgan fingerprint density at radius 3 is 1.50 bits per heavy atom. The molecule has 0 unspecified atom stereocenters. The molecule has 0 aliphatic rings. The summed E-state index contributed by atoms with van der Waals surface area (Å²) < 4.78 is 16.9. The summed E-state index contributed by atoms with van der Waals surface area (Å²) in [7, 11) is 0.481. The second-order valence-corrected chi connectivity index (χ2v) is 25.5. The Kier molecular flexibility index (Phi) is 11.3. The first-order chi connectivity index (χ1) is 21.0. The van der Waals surface area contributed by atoms with Crippen LogP contribution in [0, 0.1) is 0 Å². The fraction of sp³-hybridized carbons (Fsp3) is 0.459. The van der Waals surface area contributed by atoms with Crippen LogP contribution < -0.4 is 0 Å². The molecule has 4 aromatic rings. The Morgan fingerprint density at radius 1 is 0.739 bits per heavy atom. The van der Waals surface area contributed by atoms with Gasteiger partial charge in [-0.3, -0.25) is 9.59 Å². The van der Waals surface area contributed by atoms with Gasteiger partial charge in [-0.2, -0.15) is 0 Å². The summed E-state index contributed by atoms with van der Waals surface area (Å²) in [5.74, 6) is 0. The first-order valence-electron chi connectivity index (χ1n) is 15.8. The second kappa shape index (κ2) is 13.8. The van der Waals surface area contributed by atoms with Crippen molar-refractivity contribution in [1.29, 1.82) is 0 Å². The molecule has 2 aromatic heterocycles. The summed E-state index contributed by atoms with van der Waals surface area (Å²) in [5.41, 5.74) is 7.38. The van der Waals surface area contributed by atoms with Crippen molar-refractivity contribution in [3.8, 4) is 0 Å². The van der Waals surface area contributed by atoms with E-state index in [4.69, 9.17) is 20.5 Å². The van der Waals surface area contributed by atoms with Gasteiger partial charge in [0.2, 0.25) is 0 Å². The van der Waals surface area contributed by atoms with Crippen LogP contribution in [0.3, 0.4) is 0 Å². The van der Waals surface area contributed by atoms with Gasteiger partial charge in [-0.25, -0.2) is 0 Å². The van der Waals surface area contributed by atoms with Crippen LogP contribution in [0.2, 0.25) is 41.3 Å². The lowest BCUT2D eigenvalue weighted by Gasteiger charge is -2.36. The van der Waals surface area contributed by atoms with Gasteiger partial charge in [-0.15, -0.1) is 0 Å². The van der Waals surface area contributed by atoms with Gasteiger partial charge in [-0.1, -0.05) is 65.3 Å². The standard InChI is InChI=1S/C20H29NO2Si.C17H24ClNO2Si/c1-14(2)18-11-19-15(9-16(18)12-22)10-17(21(19)6)13-23-24(7,8)20(3,4)5;1-17(2,3)22(5,6)21-11-14-8-12-7-13(10-20)15(18)9-16(12)19(14)4/h9-12H,1,13H2,2-8H3;7-10H,11H2,1-6H3. The summed E-state index contributed by atoms with van der Waals surface area (Å²) >= 11 is 6.13.